The van der Waals surface area contributed by atoms with Gasteiger partial charge in [-0.2, -0.15) is 0 Å². The van der Waals surface area contributed by atoms with Crippen LogP contribution in [0.2, 0.25) is 15.1 Å². The Kier molecular flexibility index (Phi) is 6.74. The van der Waals surface area contributed by atoms with Crippen LogP contribution in [-0.2, 0) is 4.79 Å². The zero-order valence-electron chi connectivity index (χ0n) is 15.0. The minimum Gasteiger partial charge on any atom is -0.482 e. The Hall–Kier alpha value is -1.62. The molecule has 0 atom stereocenters. The van der Waals surface area contributed by atoms with Crippen molar-refractivity contribution in [3.8, 4) is 5.75 Å². The maximum absolute atomic E-state index is 12.1. The molecule has 1 aliphatic heterocycles. The van der Waals surface area contributed by atoms with Crippen molar-refractivity contribution in [1.82, 2.24) is 0 Å². The van der Waals surface area contributed by atoms with E-state index in [1.54, 1.807) is 24.3 Å². The van der Waals surface area contributed by atoms with Crippen LogP contribution in [0.4, 0.5) is 11.4 Å². The fourth-order valence-electron chi connectivity index (χ4n) is 3.02. The number of carbonyl (C=O) groups is 1. The number of benzene rings is 2. The number of hydrogen-bond donors (Lipinski definition) is 1. The maximum atomic E-state index is 12.1. The van der Waals surface area contributed by atoms with Crippen molar-refractivity contribution in [1.29, 1.82) is 0 Å². The second-order valence-corrected chi connectivity index (χ2v) is 8.00. The van der Waals surface area contributed by atoms with Crippen molar-refractivity contribution in [2.45, 2.75) is 19.8 Å². The largest absolute Gasteiger partial charge is 0.482 e. The number of piperidine rings is 1. The fraction of sp³-hybridized carbons (Fsp3) is 0.350. The number of ether oxygens (including phenoxy) is 1. The molecule has 1 N–H and O–H groups in total. The molecule has 4 nitrogen and oxygen atoms in total. The van der Waals surface area contributed by atoms with Gasteiger partial charge in [0, 0.05) is 23.8 Å². The van der Waals surface area contributed by atoms with Crippen molar-refractivity contribution in [3.05, 3.63) is 51.5 Å². The normalized spacial score (nSPS) is 14.9. The molecule has 7 heteroatoms. The molecule has 0 saturated carbocycles. The monoisotopic (exact) mass is 426 g/mol. The van der Waals surface area contributed by atoms with E-state index >= 15 is 0 Å². The van der Waals surface area contributed by atoms with Gasteiger partial charge in [0.2, 0.25) is 0 Å². The van der Waals surface area contributed by atoms with Gasteiger partial charge < -0.3 is 15.0 Å². The number of nitrogens with zero attached hydrogens (tertiary/aromatic N) is 1. The number of halogens is 3. The van der Waals surface area contributed by atoms with Gasteiger partial charge in [-0.05, 0) is 55.2 Å². The second-order valence-electron chi connectivity index (χ2n) is 6.75. The molecule has 0 bridgehead atoms. The number of amides is 1. The third kappa shape index (κ3) is 5.44. The lowest BCUT2D eigenvalue weighted by molar-refractivity contribution is -0.118. The van der Waals surface area contributed by atoms with Crippen molar-refractivity contribution in [2.75, 3.05) is 29.9 Å². The minimum absolute atomic E-state index is 0.162. The van der Waals surface area contributed by atoms with Crippen LogP contribution in [0, 0.1) is 5.92 Å². The van der Waals surface area contributed by atoms with Gasteiger partial charge in [-0.15, -0.1) is 0 Å². The summed E-state index contributed by atoms with van der Waals surface area (Å²) in [6.45, 7) is 4.12. The number of hydrogen-bond acceptors (Lipinski definition) is 3. The molecule has 1 aliphatic rings. The molecule has 27 heavy (non-hydrogen) atoms. The molecule has 2 aromatic carbocycles. The molecule has 1 saturated heterocycles. The van der Waals surface area contributed by atoms with Crippen LogP contribution in [-0.4, -0.2) is 25.6 Å². The standard InChI is InChI=1S/C20H21Cl3N2O2/c1-13-6-8-25(9-7-13)18-4-3-15(11-16(18)22)24-20(26)12-27-19-5-2-14(21)10-17(19)23/h2-5,10-11,13H,6-9,12H2,1H3,(H,24,26). The predicted octanol–water partition coefficient (Wildman–Crippen LogP) is 5.90. The van der Waals surface area contributed by atoms with Crippen LogP contribution in [0.5, 0.6) is 5.75 Å². The van der Waals surface area contributed by atoms with Crippen LogP contribution >= 0.6 is 34.8 Å². The molecule has 1 amide bonds. The smallest absolute Gasteiger partial charge is 0.262 e. The van der Waals surface area contributed by atoms with E-state index in [9.17, 15) is 4.79 Å². The minimum atomic E-state index is -0.295. The predicted molar refractivity (Wildman–Crippen MR) is 113 cm³/mol. The summed E-state index contributed by atoms with van der Waals surface area (Å²) in [5, 5.41) is 4.28. The van der Waals surface area contributed by atoms with Crippen molar-refractivity contribution >= 4 is 52.1 Å². The van der Waals surface area contributed by atoms with Gasteiger partial charge in [0.25, 0.3) is 5.91 Å². The third-order valence-electron chi connectivity index (χ3n) is 4.61. The van der Waals surface area contributed by atoms with E-state index < -0.39 is 0 Å². The highest BCUT2D eigenvalue weighted by molar-refractivity contribution is 6.35. The van der Waals surface area contributed by atoms with E-state index in [0.717, 1.165) is 24.7 Å². The van der Waals surface area contributed by atoms with Gasteiger partial charge in [0.1, 0.15) is 5.75 Å². The molecule has 144 valence electrons. The summed E-state index contributed by atoms with van der Waals surface area (Å²) in [7, 11) is 0. The van der Waals surface area contributed by atoms with Gasteiger partial charge in [-0.1, -0.05) is 41.7 Å². The summed E-state index contributed by atoms with van der Waals surface area (Å²) in [5.41, 5.74) is 1.63. The average molecular weight is 428 g/mol. The summed E-state index contributed by atoms with van der Waals surface area (Å²) in [6, 6.07) is 10.4. The summed E-state index contributed by atoms with van der Waals surface area (Å²) in [6.07, 6.45) is 2.33. The highest BCUT2D eigenvalue weighted by atomic mass is 35.5. The van der Waals surface area contributed by atoms with Gasteiger partial charge in [0.15, 0.2) is 6.61 Å². The van der Waals surface area contributed by atoms with E-state index in [-0.39, 0.29) is 12.5 Å². The summed E-state index contributed by atoms with van der Waals surface area (Å²) in [5.74, 6) is 0.869. The Morgan fingerprint density at radius 3 is 2.52 bits per heavy atom. The Morgan fingerprint density at radius 1 is 1.11 bits per heavy atom. The fourth-order valence-corrected chi connectivity index (χ4v) is 3.79. The zero-order valence-corrected chi connectivity index (χ0v) is 17.2. The van der Waals surface area contributed by atoms with Crippen LogP contribution in [0.1, 0.15) is 19.8 Å². The van der Waals surface area contributed by atoms with Crippen LogP contribution < -0.4 is 15.0 Å². The van der Waals surface area contributed by atoms with E-state index in [4.69, 9.17) is 39.5 Å². The van der Waals surface area contributed by atoms with E-state index in [0.29, 0.717) is 26.5 Å². The van der Waals surface area contributed by atoms with Crippen LogP contribution in [0.15, 0.2) is 36.4 Å². The Labute approximate surface area is 174 Å². The molecule has 3 rings (SSSR count). The van der Waals surface area contributed by atoms with Crippen molar-refractivity contribution in [2.24, 2.45) is 5.92 Å². The number of anilines is 2. The lowest BCUT2D eigenvalue weighted by atomic mass is 9.99. The van der Waals surface area contributed by atoms with Gasteiger partial charge in [-0.25, -0.2) is 0 Å². The Bertz CT molecular complexity index is 821. The van der Waals surface area contributed by atoms with E-state index in [2.05, 4.69) is 17.1 Å². The lowest BCUT2D eigenvalue weighted by Crippen LogP contribution is -2.32. The average Bonchev–Trinajstić information content (AvgIpc) is 2.62. The van der Waals surface area contributed by atoms with Crippen LogP contribution in [0.3, 0.4) is 0 Å². The summed E-state index contributed by atoms with van der Waals surface area (Å²) >= 11 is 18.3. The summed E-state index contributed by atoms with van der Waals surface area (Å²) in [4.78, 5) is 14.4. The molecule has 2 aromatic rings. The first-order valence-electron chi connectivity index (χ1n) is 8.84. The van der Waals surface area contributed by atoms with Crippen molar-refractivity contribution in [3.63, 3.8) is 0 Å². The molecular formula is C20H21Cl3N2O2. The molecule has 1 heterocycles. The molecule has 0 aliphatic carbocycles. The van der Waals surface area contributed by atoms with Crippen molar-refractivity contribution < 1.29 is 9.53 Å². The van der Waals surface area contributed by atoms with Gasteiger partial charge in [0.05, 0.1) is 15.7 Å². The Morgan fingerprint density at radius 2 is 1.85 bits per heavy atom. The number of rotatable bonds is 5. The zero-order chi connectivity index (χ0) is 19.4. The van der Waals surface area contributed by atoms with E-state index in [1.165, 1.54) is 12.8 Å². The first-order valence-corrected chi connectivity index (χ1v) is 9.98. The lowest BCUT2D eigenvalue weighted by Gasteiger charge is -2.32. The topological polar surface area (TPSA) is 41.6 Å². The molecule has 0 radical (unpaired) electrons. The molecule has 0 spiro atoms. The molecule has 1 fully saturated rings. The highest BCUT2D eigenvalue weighted by Crippen LogP contribution is 2.32. The number of carbonyl (C=O) groups excluding carboxylic acids is 1. The third-order valence-corrected chi connectivity index (χ3v) is 5.44. The summed E-state index contributed by atoms with van der Waals surface area (Å²) < 4.78 is 5.44. The van der Waals surface area contributed by atoms with E-state index in [1.807, 2.05) is 12.1 Å². The van der Waals surface area contributed by atoms with Gasteiger partial charge >= 0.3 is 0 Å². The first-order chi connectivity index (χ1) is 12.9. The molecular weight excluding hydrogens is 407 g/mol. The first kappa shape index (κ1) is 20.1. The molecule has 0 unspecified atom stereocenters. The number of nitrogens with one attached hydrogen (secondary N) is 1. The quantitative estimate of drug-likeness (QED) is 0.646. The molecule has 0 aromatic heterocycles. The van der Waals surface area contributed by atoms with Gasteiger partial charge in [-0.3, -0.25) is 4.79 Å². The highest BCUT2D eigenvalue weighted by Gasteiger charge is 2.18. The second kappa shape index (κ2) is 9.05. The maximum Gasteiger partial charge on any atom is 0.262 e. The van der Waals surface area contributed by atoms with Crippen LogP contribution in [0.25, 0.3) is 0 Å². The SMILES string of the molecule is CC1CCN(c2ccc(NC(=O)COc3ccc(Cl)cc3Cl)cc2Cl)CC1. The Balaban J connectivity index is 1.57.